The van der Waals surface area contributed by atoms with E-state index in [4.69, 9.17) is 4.74 Å². The minimum Gasteiger partial charge on any atom is -0.481 e. The van der Waals surface area contributed by atoms with Crippen molar-refractivity contribution in [3.8, 4) is 17.0 Å². The molecule has 0 atom stereocenters. The fourth-order valence-corrected chi connectivity index (χ4v) is 2.39. The van der Waals surface area contributed by atoms with Gasteiger partial charge in [-0.3, -0.25) is 4.79 Å². The van der Waals surface area contributed by atoms with E-state index in [0.29, 0.717) is 24.9 Å². The number of carbonyl (C=O) groups excluding carboxylic acids is 1. The van der Waals surface area contributed by atoms with Crippen LogP contribution in [0.4, 0.5) is 8.78 Å². The maximum Gasteiger partial charge on any atom is 0.257 e. The molecule has 0 aliphatic rings. The maximum atomic E-state index is 13.4. The summed E-state index contributed by atoms with van der Waals surface area (Å²) in [6.07, 6.45) is 2.12. The van der Waals surface area contributed by atoms with Crippen LogP contribution in [0.5, 0.6) is 5.75 Å². The lowest BCUT2D eigenvalue weighted by Crippen LogP contribution is -2.31. The van der Waals surface area contributed by atoms with E-state index in [-0.39, 0.29) is 12.4 Å². The second-order valence-electron chi connectivity index (χ2n) is 5.69. The van der Waals surface area contributed by atoms with Crippen molar-refractivity contribution in [3.63, 3.8) is 0 Å². The van der Waals surface area contributed by atoms with Crippen LogP contribution in [-0.2, 0) is 11.2 Å². The Labute approximate surface area is 155 Å². The first-order valence-corrected chi connectivity index (χ1v) is 8.34. The zero-order chi connectivity index (χ0) is 19.1. The van der Waals surface area contributed by atoms with Crippen LogP contribution in [0.2, 0.25) is 0 Å². The largest absolute Gasteiger partial charge is 0.481 e. The Bertz CT molecular complexity index is 920. The summed E-state index contributed by atoms with van der Waals surface area (Å²) in [4.78, 5) is 20.5. The fourth-order valence-electron chi connectivity index (χ4n) is 2.39. The van der Waals surface area contributed by atoms with Crippen LogP contribution in [0, 0.1) is 11.6 Å². The van der Waals surface area contributed by atoms with Crippen LogP contribution >= 0.6 is 0 Å². The Balaban J connectivity index is 1.47. The highest BCUT2D eigenvalue weighted by molar-refractivity contribution is 5.77. The van der Waals surface area contributed by atoms with Gasteiger partial charge in [-0.2, -0.15) is 0 Å². The van der Waals surface area contributed by atoms with Gasteiger partial charge in [-0.25, -0.2) is 18.7 Å². The molecule has 0 bridgehead atoms. The summed E-state index contributed by atoms with van der Waals surface area (Å²) < 4.78 is 31.3. The number of amides is 1. The van der Waals surface area contributed by atoms with Crippen molar-refractivity contribution in [3.05, 3.63) is 78.3 Å². The molecule has 0 aliphatic heterocycles. The zero-order valence-corrected chi connectivity index (χ0v) is 14.4. The Hall–Kier alpha value is -3.35. The number of rotatable bonds is 7. The van der Waals surface area contributed by atoms with Gasteiger partial charge in [0.2, 0.25) is 0 Å². The molecule has 138 valence electrons. The molecule has 0 unspecified atom stereocenters. The highest BCUT2D eigenvalue weighted by Crippen LogP contribution is 2.17. The molecule has 27 heavy (non-hydrogen) atoms. The molecule has 1 amide bonds. The van der Waals surface area contributed by atoms with E-state index in [1.807, 2.05) is 36.4 Å². The van der Waals surface area contributed by atoms with E-state index in [0.717, 1.165) is 23.4 Å². The molecular weight excluding hydrogens is 352 g/mol. The lowest BCUT2D eigenvalue weighted by molar-refractivity contribution is -0.123. The summed E-state index contributed by atoms with van der Waals surface area (Å²) in [6.45, 7) is -0.0558. The number of nitrogens with zero attached hydrogens (tertiary/aromatic N) is 2. The number of carbonyl (C=O) groups is 1. The van der Waals surface area contributed by atoms with Gasteiger partial charge in [-0.1, -0.05) is 30.3 Å². The molecule has 0 radical (unpaired) electrons. The molecule has 1 aromatic heterocycles. The molecule has 0 saturated carbocycles. The predicted molar refractivity (Wildman–Crippen MR) is 96.0 cm³/mol. The Morgan fingerprint density at radius 2 is 1.89 bits per heavy atom. The third-order valence-corrected chi connectivity index (χ3v) is 3.70. The third kappa shape index (κ3) is 5.31. The molecular formula is C20H17F2N3O2. The molecule has 3 aromatic rings. The summed E-state index contributed by atoms with van der Waals surface area (Å²) in [6, 6.07) is 14.4. The van der Waals surface area contributed by atoms with Gasteiger partial charge in [0.05, 0.1) is 5.69 Å². The van der Waals surface area contributed by atoms with Gasteiger partial charge in [-0.05, 0) is 18.2 Å². The average Bonchev–Trinajstić information content (AvgIpc) is 2.68. The third-order valence-electron chi connectivity index (χ3n) is 3.70. The van der Waals surface area contributed by atoms with Crippen molar-refractivity contribution in [2.75, 3.05) is 13.2 Å². The zero-order valence-electron chi connectivity index (χ0n) is 14.4. The summed E-state index contributed by atoms with van der Waals surface area (Å²) in [5.74, 6) is -1.55. The van der Waals surface area contributed by atoms with Gasteiger partial charge in [0, 0.05) is 30.8 Å². The maximum absolute atomic E-state index is 13.4. The van der Waals surface area contributed by atoms with Gasteiger partial charge in [-0.15, -0.1) is 0 Å². The monoisotopic (exact) mass is 369 g/mol. The Kier molecular flexibility index (Phi) is 6.04. The van der Waals surface area contributed by atoms with E-state index in [1.165, 1.54) is 0 Å². The second-order valence-corrected chi connectivity index (χ2v) is 5.69. The van der Waals surface area contributed by atoms with E-state index >= 15 is 0 Å². The molecule has 7 heteroatoms. The summed E-state index contributed by atoms with van der Waals surface area (Å²) in [7, 11) is 0. The second kappa shape index (κ2) is 8.84. The molecule has 0 spiro atoms. The van der Waals surface area contributed by atoms with Gasteiger partial charge in [0.15, 0.2) is 18.2 Å². The number of nitrogens with one attached hydrogen (secondary N) is 1. The van der Waals surface area contributed by atoms with Crippen LogP contribution in [0.15, 0.2) is 60.8 Å². The number of aromatic nitrogens is 2. The number of benzene rings is 2. The highest BCUT2D eigenvalue weighted by atomic mass is 19.1. The standard InChI is InChI=1S/C20H17F2N3O2/c21-15-6-7-18(16(22)12-15)27-13-20(26)24-11-9-19-23-10-8-17(25-19)14-4-2-1-3-5-14/h1-8,10,12H,9,11,13H2,(H,24,26). The van der Waals surface area contributed by atoms with Crippen LogP contribution in [-0.4, -0.2) is 29.0 Å². The minimum absolute atomic E-state index is 0.176. The quantitative estimate of drug-likeness (QED) is 0.695. The SMILES string of the molecule is O=C(COc1ccc(F)cc1F)NCCc1nccc(-c2ccccc2)n1. The van der Waals surface area contributed by atoms with Crippen molar-refractivity contribution in [1.82, 2.24) is 15.3 Å². The molecule has 1 heterocycles. The summed E-state index contributed by atoms with van der Waals surface area (Å²) in [5, 5.41) is 2.65. The number of ether oxygens (including phenoxy) is 1. The molecule has 5 nitrogen and oxygen atoms in total. The average molecular weight is 369 g/mol. The lowest BCUT2D eigenvalue weighted by atomic mass is 10.1. The van der Waals surface area contributed by atoms with E-state index < -0.39 is 17.5 Å². The van der Waals surface area contributed by atoms with Crippen molar-refractivity contribution in [1.29, 1.82) is 0 Å². The van der Waals surface area contributed by atoms with Crippen LogP contribution in [0.25, 0.3) is 11.3 Å². The van der Waals surface area contributed by atoms with E-state index in [1.54, 1.807) is 6.20 Å². The van der Waals surface area contributed by atoms with E-state index in [2.05, 4.69) is 15.3 Å². The first-order valence-electron chi connectivity index (χ1n) is 8.34. The summed E-state index contributed by atoms with van der Waals surface area (Å²) >= 11 is 0. The number of hydrogen-bond acceptors (Lipinski definition) is 4. The lowest BCUT2D eigenvalue weighted by Gasteiger charge is -2.08. The van der Waals surface area contributed by atoms with Crippen LogP contribution < -0.4 is 10.1 Å². The number of hydrogen-bond donors (Lipinski definition) is 1. The molecule has 3 rings (SSSR count). The van der Waals surface area contributed by atoms with Crippen LogP contribution in [0.1, 0.15) is 5.82 Å². The van der Waals surface area contributed by atoms with Gasteiger partial charge in [0.25, 0.3) is 5.91 Å². The van der Waals surface area contributed by atoms with Gasteiger partial charge < -0.3 is 10.1 Å². The fraction of sp³-hybridized carbons (Fsp3) is 0.150. The van der Waals surface area contributed by atoms with Crippen LogP contribution in [0.3, 0.4) is 0 Å². The predicted octanol–water partition coefficient (Wildman–Crippen LogP) is 3.16. The van der Waals surface area contributed by atoms with Crippen molar-refractivity contribution in [2.24, 2.45) is 0 Å². The molecule has 0 saturated heterocycles. The van der Waals surface area contributed by atoms with Gasteiger partial charge >= 0.3 is 0 Å². The van der Waals surface area contributed by atoms with Crippen molar-refractivity contribution < 1.29 is 18.3 Å². The Morgan fingerprint density at radius 1 is 1.07 bits per heavy atom. The van der Waals surface area contributed by atoms with Crippen molar-refractivity contribution in [2.45, 2.75) is 6.42 Å². The molecule has 1 N–H and O–H groups in total. The first kappa shape index (κ1) is 18.4. The molecule has 0 aliphatic carbocycles. The first-order chi connectivity index (χ1) is 13.1. The van der Waals surface area contributed by atoms with E-state index in [9.17, 15) is 13.6 Å². The summed E-state index contributed by atoms with van der Waals surface area (Å²) in [5.41, 5.74) is 1.79. The van der Waals surface area contributed by atoms with Crippen molar-refractivity contribution >= 4 is 5.91 Å². The minimum atomic E-state index is -0.853. The smallest absolute Gasteiger partial charge is 0.257 e. The molecule has 2 aromatic carbocycles. The van der Waals surface area contributed by atoms with Gasteiger partial charge in [0.1, 0.15) is 11.6 Å². The Morgan fingerprint density at radius 3 is 2.67 bits per heavy atom. The normalized spacial score (nSPS) is 10.4. The highest BCUT2D eigenvalue weighted by Gasteiger charge is 2.08. The topological polar surface area (TPSA) is 64.1 Å². The molecule has 0 fully saturated rings. The number of halogens is 2.